The molecule has 1 unspecified atom stereocenters. The molecule has 2 amide bonds. The van der Waals surface area contributed by atoms with E-state index < -0.39 is 23.7 Å². The van der Waals surface area contributed by atoms with E-state index >= 15 is 0 Å². The largest absolute Gasteiger partial charge is 0.328 e. The molecule has 0 saturated carbocycles. The SMILES string of the molecule is Cc1ccc(Cl)cc1-n1c(SCc2ccc(F)cc2)nnc1C(C)NC(=O)Nc1ccc(F)c(F)c1. The lowest BCUT2D eigenvalue weighted by Gasteiger charge is -2.18. The molecule has 4 rings (SSSR count). The summed E-state index contributed by atoms with van der Waals surface area (Å²) in [7, 11) is 0. The number of amides is 2. The molecule has 4 aromatic rings. The third-order valence-corrected chi connectivity index (χ3v) is 6.50. The number of thioether (sulfide) groups is 1. The number of hydrogen-bond acceptors (Lipinski definition) is 4. The lowest BCUT2D eigenvalue weighted by molar-refractivity contribution is 0.248. The first-order valence-electron chi connectivity index (χ1n) is 10.8. The summed E-state index contributed by atoms with van der Waals surface area (Å²) >= 11 is 7.67. The molecule has 0 saturated heterocycles. The van der Waals surface area contributed by atoms with E-state index in [4.69, 9.17) is 11.6 Å². The molecular formula is C25H21ClF3N5OS. The van der Waals surface area contributed by atoms with Gasteiger partial charge < -0.3 is 10.6 Å². The summed E-state index contributed by atoms with van der Waals surface area (Å²) in [6.07, 6.45) is 0. The number of carbonyl (C=O) groups is 1. The first kappa shape index (κ1) is 25.6. The molecule has 1 atom stereocenters. The summed E-state index contributed by atoms with van der Waals surface area (Å²) in [5, 5.41) is 14.9. The second-order valence-corrected chi connectivity index (χ2v) is 9.35. The zero-order valence-electron chi connectivity index (χ0n) is 19.2. The number of urea groups is 1. The Hall–Kier alpha value is -3.50. The van der Waals surface area contributed by atoms with Gasteiger partial charge in [-0.15, -0.1) is 10.2 Å². The highest BCUT2D eigenvalue weighted by Crippen LogP contribution is 2.30. The molecule has 36 heavy (non-hydrogen) atoms. The molecule has 0 aliphatic rings. The van der Waals surface area contributed by atoms with Gasteiger partial charge in [0.25, 0.3) is 0 Å². The third kappa shape index (κ3) is 6.00. The molecule has 3 aromatic carbocycles. The molecule has 0 bridgehead atoms. The van der Waals surface area contributed by atoms with Crippen molar-refractivity contribution in [2.75, 3.05) is 5.32 Å². The number of halogens is 4. The number of nitrogens with zero attached hydrogens (tertiary/aromatic N) is 3. The molecule has 0 radical (unpaired) electrons. The second-order valence-electron chi connectivity index (χ2n) is 7.97. The number of nitrogens with one attached hydrogen (secondary N) is 2. The van der Waals surface area contributed by atoms with Crippen molar-refractivity contribution in [2.24, 2.45) is 0 Å². The van der Waals surface area contributed by atoms with Crippen molar-refractivity contribution in [3.05, 3.63) is 100 Å². The molecular weight excluding hydrogens is 511 g/mol. The van der Waals surface area contributed by atoms with Crippen molar-refractivity contribution in [1.82, 2.24) is 20.1 Å². The minimum Gasteiger partial charge on any atom is -0.328 e. The van der Waals surface area contributed by atoms with Gasteiger partial charge in [-0.1, -0.05) is 41.6 Å². The first-order valence-corrected chi connectivity index (χ1v) is 12.2. The Morgan fingerprint density at radius 2 is 1.78 bits per heavy atom. The second kappa shape index (κ2) is 11.0. The minimum atomic E-state index is -1.07. The molecule has 2 N–H and O–H groups in total. The number of carbonyl (C=O) groups excluding carboxylic acids is 1. The molecule has 0 fully saturated rings. The Morgan fingerprint density at radius 1 is 1.03 bits per heavy atom. The first-order chi connectivity index (χ1) is 17.2. The van der Waals surface area contributed by atoms with Gasteiger partial charge in [0.2, 0.25) is 0 Å². The number of benzene rings is 3. The fraction of sp³-hybridized carbons (Fsp3) is 0.160. The van der Waals surface area contributed by atoms with E-state index in [1.807, 2.05) is 13.0 Å². The van der Waals surface area contributed by atoms with Gasteiger partial charge >= 0.3 is 6.03 Å². The maximum absolute atomic E-state index is 13.5. The monoisotopic (exact) mass is 531 g/mol. The van der Waals surface area contributed by atoms with Crippen LogP contribution < -0.4 is 10.6 Å². The summed E-state index contributed by atoms with van der Waals surface area (Å²) in [4.78, 5) is 12.6. The third-order valence-electron chi connectivity index (χ3n) is 5.26. The predicted molar refractivity (Wildman–Crippen MR) is 134 cm³/mol. The van der Waals surface area contributed by atoms with Crippen molar-refractivity contribution in [1.29, 1.82) is 0 Å². The van der Waals surface area contributed by atoms with Crippen LogP contribution in [-0.2, 0) is 5.75 Å². The smallest absolute Gasteiger partial charge is 0.319 e. The van der Waals surface area contributed by atoms with E-state index in [-0.39, 0.29) is 11.5 Å². The Labute approximate surface area is 214 Å². The van der Waals surface area contributed by atoms with Crippen LogP contribution in [0.1, 0.15) is 29.9 Å². The van der Waals surface area contributed by atoms with Crippen LogP contribution in [0.3, 0.4) is 0 Å². The standard InChI is InChI=1S/C25H21ClF3N5OS/c1-14-3-6-17(26)11-22(14)34-23(32-33-25(34)36-13-16-4-7-18(27)8-5-16)15(2)30-24(35)31-19-9-10-20(28)21(29)12-19/h3-12,15H,13H2,1-2H3,(H2,30,31,35). The molecule has 0 aliphatic heterocycles. The van der Waals surface area contributed by atoms with Crippen LogP contribution in [0, 0.1) is 24.4 Å². The summed E-state index contributed by atoms with van der Waals surface area (Å²) < 4.78 is 41.7. The zero-order chi connectivity index (χ0) is 25.8. The van der Waals surface area contributed by atoms with Gasteiger partial charge in [0.05, 0.1) is 11.7 Å². The topological polar surface area (TPSA) is 71.8 Å². The van der Waals surface area contributed by atoms with Crippen molar-refractivity contribution >= 4 is 35.1 Å². The number of anilines is 1. The van der Waals surface area contributed by atoms with Crippen LogP contribution in [0.5, 0.6) is 0 Å². The Bertz CT molecular complexity index is 1400. The van der Waals surface area contributed by atoms with E-state index in [0.717, 1.165) is 28.9 Å². The van der Waals surface area contributed by atoms with Crippen LogP contribution in [0.2, 0.25) is 5.02 Å². The molecule has 186 valence electrons. The number of rotatable bonds is 7. The Kier molecular flexibility index (Phi) is 7.85. The lowest BCUT2D eigenvalue weighted by atomic mass is 10.2. The fourth-order valence-corrected chi connectivity index (χ4v) is 4.51. The average molecular weight is 532 g/mol. The molecule has 1 heterocycles. The van der Waals surface area contributed by atoms with Crippen LogP contribution in [0.15, 0.2) is 65.8 Å². The maximum Gasteiger partial charge on any atom is 0.319 e. The van der Waals surface area contributed by atoms with Crippen molar-refractivity contribution in [2.45, 2.75) is 30.8 Å². The Balaban J connectivity index is 1.60. The average Bonchev–Trinajstić information content (AvgIpc) is 3.26. The van der Waals surface area contributed by atoms with E-state index in [0.29, 0.717) is 21.8 Å². The quantitative estimate of drug-likeness (QED) is 0.257. The van der Waals surface area contributed by atoms with Gasteiger partial charge in [0, 0.05) is 22.5 Å². The summed E-state index contributed by atoms with van der Waals surface area (Å²) in [6.45, 7) is 3.64. The van der Waals surface area contributed by atoms with Crippen LogP contribution in [0.25, 0.3) is 5.69 Å². The molecule has 6 nitrogen and oxygen atoms in total. The van der Waals surface area contributed by atoms with E-state index in [2.05, 4.69) is 20.8 Å². The predicted octanol–water partition coefficient (Wildman–Crippen LogP) is 6.82. The summed E-state index contributed by atoms with van der Waals surface area (Å²) in [6, 6.07) is 13.4. The van der Waals surface area contributed by atoms with Gasteiger partial charge in [-0.05, 0) is 61.4 Å². The van der Waals surface area contributed by atoms with Crippen molar-refractivity contribution in [3.63, 3.8) is 0 Å². The maximum atomic E-state index is 13.5. The Morgan fingerprint density at radius 3 is 2.50 bits per heavy atom. The van der Waals surface area contributed by atoms with Crippen LogP contribution in [0.4, 0.5) is 23.7 Å². The van der Waals surface area contributed by atoms with Gasteiger partial charge in [-0.25, -0.2) is 18.0 Å². The van der Waals surface area contributed by atoms with Crippen LogP contribution in [-0.4, -0.2) is 20.8 Å². The van der Waals surface area contributed by atoms with Crippen molar-refractivity contribution < 1.29 is 18.0 Å². The number of hydrogen-bond donors (Lipinski definition) is 2. The van der Waals surface area contributed by atoms with Gasteiger partial charge in [0.15, 0.2) is 22.6 Å². The molecule has 11 heteroatoms. The van der Waals surface area contributed by atoms with Crippen molar-refractivity contribution in [3.8, 4) is 5.69 Å². The molecule has 0 aliphatic carbocycles. The summed E-state index contributed by atoms with van der Waals surface area (Å²) in [5.74, 6) is -1.45. The normalized spacial score (nSPS) is 11.8. The molecule has 0 spiro atoms. The zero-order valence-corrected chi connectivity index (χ0v) is 20.8. The van der Waals surface area contributed by atoms with Crippen LogP contribution >= 0.6 is 23.4 Å². The van der Waals surface area contributed by atoms with Gasteiger partial charge in [0.1, 0.15) is 5.82 Å². The molecule has 1 aromatic heterocycles. The van der Waals surface area contributed by atoms with Gasteiger partial charge in [-0.3, -0.25) is 4.57 Å². The lowest BCUT2D eigenvalue weighted by Crippen LogP contribution is -2.32. The number of aromatic nitrogens is 3. The highest BCUT2D eigenvalue weighted by Gasteiger charge is 2.22. The van der Waals surface area contributed by atoms with Gasteiger partial charge in [-0.2, -0.15) is 0 Å². The highest BCUT2D eigenvalue weighted by atomic mass is 35.5. The highest BCUT2D eigenvalue weighted by molar-refractivity contribution is 7.98. The van der Waals surface area contributed by atoms with E-state index in [1.165, 1.54) is 30.0 Å². The van der Waals surface area contributed by atoms with E-state index in [9.17, 15) is 18.0 Å². The number of aryl methyl sites for hydroxylation is 1. The fourth-order valence-electron chi connectivity index (χ4n) is 3.44. The summed E-state index contributed by atoms with van der Waals surface area (Å²) in [5.41, 5.74) is 2.64. The minimum absolute atomic E-state index is 0.0984. The van der Waals surface area contributed by atoms with E-state index in [1.54, 1.807) is 35.8 Å².